The van der Waals surface area contributed by atoms with Crippen molar-refractivity contribution in [3.8, 4) is 11.4 Å². The van der Waals surface area contributed by atoms with E-state index in [1.165, 1.54) is 36.6 Å². The Balaban J connectivity index is 1.52. The number of sulfone groups is 1. The maximum atomic E-state index is 12.5. The number of rotatable bonds is 6. The number of carbonyl (C=O) groups excluding carboxylic acids is 1. The standard InChI is InChI=1S/C24H34N4O3S2/c1-24(2,3)18-11-9-17(10-12-18)22-26-27-23(28(22)20-7-5-4-6-8-20)32-15-21(29)25-19-13-14-33(30,31)16-19/h9-12,19-20H,4-8,13-16H2,1-3H3,(H,25,29)/t19-/m0/s1. The smallest absolute Gasteiger partial charge is 0.230 e. The number of hydrogen-bond donors (Lipinski definition) is 1. The van der Waals surface area contributed by atoms with Crippen LogP contribution < -0.4 is 5.32 Å². The van der Waals surface area contributed by atoms with E-state index in [1.54, 1.807) is 0 Å². The summed E-state index contributed by atoms with van der Waals surface area (Å²) >= 11 is 1.38. The summed E-state index contributed by atoms with van der Waals surface area (Å²) in [6.07, 6.45) is 6.29. The zero-order valence-corrected chi connectivity index (χ0v) is 21.3. The van der Waals surface area contributed by atoms with Crippen molar-refractivity contribution in [2.24, 2.45) is 0 Å². The summed E-state index contributed by atoms with van der Waals surface area (Å²) in [4.78, 5) is 12.5. The van der Waals surface area contributed by atoms with E-state index in [2.05, 4.69) is 65.1 Å². The van der Waals surface area contributed by atoms with Crippen molar-refractivity contribution in [2.75, 3.05) is 17.3 Å². The Hall–Kier alpha value is -1.87. The van der Waals surface area contributed by atoms with Gasteiger partial charge in [-0.15, -0.1) is 10.2 Å². The number of nitrogens with one attached hydrogen (secondary N) is 1. The van der Waals surface area contributed by atoms with Crippen LogP contribution in [0.5, 0.6) is 0 Å². The van der Waals surface area contributed by atoms with Gasteiger partial charge in [0, 0.05) is 17.6 Å². The van der Waals surface area contributed by atoms with Crippen LogP contribution in [0.3, 0.4) is 0 Å². The first-order valence-electron chi connectivity index (χ1n) is 11.8. The highest BCUT2D eigenvalue weighted by molar-refractivity contribution is 7.99. The van der Waals surface area contributed by atoms with Gasteiger partial charge >= 0.3 is 0 Å². The molecule has 0 radical (unpaired) electrons. The van der Waals surface area contributed by atoms with Crippen LogP contribution in [0.15, 0.2) is 29.4 Å². The lowest BCUT2D eigenvalue weighted by Gasteiger charge is -2.26. The summed E-state index contributed by atoms with van der Waals surface area (Å²) in [5.74, 6) is 1.09. The van der Waals surface area contributed by atoms with Gasteiger partial charge in [0.05, 0.1) is 17.3 Å². The minimum absolute atomic E-state index is 0.0381. The molecule has 1 saturated carbocycles. The second-order valence-corrected chi connectivity index (χ2v) is 13.4. The Morgan fingerprint density at radius 3 is 2.39 bits per heavy atom. The molecule has 1 aromatic carbocycles. The van der Waals surface area contributed by atoms with E-state index in [4.69, 9.17) is 0 Å². The van der Waals surface area contributed by atoms with E-state index >= 15 is 0 Å². The van der Waals surface area contributed by atoms with Gasteiger partial charge < -0.3 is 5.32 Å². The summed E-state index contributed by atoms with van der Waals surface area (Å²) < 4.78 is 25.5. The Bertz CT molecular complexity index is 1080. The fourth-order valence-corrected chi connectivity index (χ4v) is 7.16. The van der Waals surface area contributed by atoms with Crippen LogP contribution >= 0.6 is 11.8 Å². The highest BCUT2D eigenvalue weighted by Crippen LogP contribution is 2.36. The van der Waals surface area contributed by atoms with Crippen molar-refractivity contribution in [3.63, 3.8) is 0 Å². The van der Waals surface area contributed by atoms with Gasteiger partial charge in [0.1, 0.15) is 0 Å². The Labute approximate surface area is 201 Å². The third-order valence-corrected chi connectivity index (χ3v) is 9.25. The summed E-state index contributed by atoms with van der Waals surface area (Å²) in [5.41, 5.74) is 2.39. The molecule has 9 heteroatoms. The lowest BCUT2D eigenvalue weighted by atomic mass is 9.86. The van der Waals surface area contributed by atoms with Crippen molar-refractivity contribution in [1.29, 1.82) is 0 Å². The predicted octanol–water partition coefficient (Wildman–Crippen LogP) is 4.14. The fraction of sp³-hybridized carbons (Fsp3) is 0.625. The second-order valence-electron chi connectivity index (χ2n) is 10.3. The number of nitrogens with zero attached hydrogens (tertiary/aromatic N) is 3. The zero-order chi connectivity index (χ0) is 23.6. The average Bonchev–Trinajstić information content (AvgIpc) is 3.35. The summed E-state index contributed by atoms with van der Waals surface area (Å²) in [6.45, 7) is 6.61. The Morgan fingerprint density at radius 1 is 1.09 bits per heavy atom. The molecular weight excluding hydrogens is 456 g/mol. The maximum Gasteiger partial charge on any atom is 0.230 e. The lowest BCUT2D eigenvalue weighted by molar-refractivity contribution is -0.119. The van der Waals surface area contributed by atoms with E-state index in [1.807, 2.05) is 0 Å². The number of thioether (sulfide) groups is 1. The molecule has 4 rings (SSSR count). The van der Waals surface area contributed by atoms with Crippen LogP contribution in [0.1, 0.15) is 70.9 Å². The molecule has 2 aromatic rings. The topological polar surface area (TPSA) is 94.0 Å². The molecule has 2 heterocycles. The van der Waals surface area contributed by atoms with E-state index in [9.17, 15) is 13.2 Å². The fourth-order valence-electron chi connectivity index (χ4n) is 4.67. The SMILES string of the molecule is CC(C)(C)c1ccc(-c2nnc(SCC(=O)N[C@H]3CCS(=O)(=O)C3)n2C2CCCCC2)cc1. The molecule has 7 nitrogen and oxygen atoms in total. The third-order valence-electron chi connectivity index (χ3n) is 6.54. The van der Waals surface area contributed by atoms with E-state index in [0.717, 1.165) is 29.4 Å². The molecule has 2 fully saturated rings. The monoisotopic (exact) mass is 490 g/mol. The van der Waals surface area contributed by atoms with Gasteiger partial charge in [-0.1, -0.05) is 76.1 Å². The molecule has 180 valence electrons. The van der Waals surface area contributed by atoms with Crippen LogP contribution in [-0.2, 0) is 20.0 Å². The van der Waals surface area contributed by atoms with Crippen LogP contribution in [0.25, 0.3) is 11.4 Å². The van der Waals surface area contributed by atoms with Gasteiger partial charge in [0.15, 0.2) is 20.8 Å². The molecule has 1 N–H and O–H groups in total. The first-order valence-corrected chi connectivity index (χ1v) is 14.6. The van der Waals surface area contributed by atoms with Crippen LogP contribution in [0, 0.1) is 0 Å². The van der Waals surface area contributed by atoms with Crippen LogP contribution in [-0.4, -0.2) is 52.4 Å². The van der Waals surface area contributed by atoms with Crippen molar-refractivity contribution < 1.29 is 13.2 Å². The molecule has 1 saturated heterocycles. The number of aromatic nitrogens is 3. The number of carbonyl (C=O) groups is 1. The quantitative estimate of drug-likeness (QED) is 0.612. The summed E-state index contributed by atoms with van der Waals surface area (Å²) in [6, 6.07) is 8.60. The number of hydrogen-bond acceptors (Lipinski definition) is 6. The molecule has 1 amide bonds. The molecule has 1 atom stereocenters. The first-order chi connectivity index (χ1) is 15.6. The first kappa shape index (κ1) is 24.3. The molecule has 1 aliphatic carbocycles. The van der Waals surface area contributed by atoms with Gasteiger partial charge in [-0.05, 0) is 30.2 Å². The Morgan fingerprint density at radius 2 is 1.79 bits per heavy atom. The van der Waals surface area contributed by atoms with Crippen molar-refractivity contribution >= 4 is 27.5 Å². The van der Waals surface area contributed by atoms with Crippen LogP contribution in [0.4, 0.5) is 0 Å². The van der Waals surface area contributed by atoms with Gasteiger partial charge in [-0.3, -0.25) is 9.36 Å². The highest BCUT2D eigenvalue weighted by Gasteiger charge is 2.29. The second kappa shape index (κ2) is 9.78. The molecule has 0 bridgehead atoms. The largest absolute Gasteiger partial charge is 0.352 e. The van der Waals surface area contributed by atoms with Crippen LogP contribution in [0.2, 0.25) is 0 Å². The van der Waals surface area contributed by atoms with Gasteiger partial charge in [0.2, 0.25) is 5.91 Å². The molecule has 33 heavy (non-hydrogen) atoms. The third kappa shape index (κ3) is 5.98. The van der Waals surface area contributed by atoms with E-state index in [-0.39, 0.29) is 34.6 Å². The Kier molecular flexibility index (Phi) is 7.19. The molecule has 2 aliphatic rings. The zero-order valence-electron chi connectivity index (χ0n) is 19.7. The molecule has 1 aromatic heterocycles. The minimum Gasteiger partial charge on any atom is -0.352 e. The van der Waals surface area contributed by atoms with Gasteiger partial charge in [0.25, 0.3) is 0 Å². The van der Waals surface area contributed by atoms with E-state index < -0.39 is 9.84 Å². The maximum absolute atomic E-state index is 12.5. The normalized spacial score (nSPS) is 21.2. The lowest BCUT2D eigenvalue weighted by Crippen LogP contribution is -2.36. The minimum atomic E-state index is -3.02. The van der Waals surface area contributed by atoms with Gasteiger partial charge in [-0.2, -0.15) is 0 Å². The van der Waals surface area contributed by atoms with Crippen molar-refractivity contribution in [1.82, 2.24) is 20.1 Å². The molecular formula is C24H34N4O3S2. The molecule has 0 spiro atoms. The van der Waals surface area contributed by atoms with E-state index in [0.29, 0.717) is 12.5 Å². The molecule has 1 aliphatic heterocycles. The van der Waals surface area contributed by atoms with Crippen molar-refractivity contribution in [2.45, 2.75) is 82.0 Å². The predicted molar refractivity (Wildman–Crippen MR) is 132 cm³/mol. The van der Waals surface area contributed by atoms with Gasteiger partial charge in [-0.25, -0.2) is 8.42 Å². The van der Waals surface area contributed by atoms with Crippen molar-refractivity contribution in [3.05, 3.63) is 29.8 Å². The highest BCUT2D eigenvalue weighted by atomic mass is 32.2. The number of benzene rings is 1. The molecule has 0 unspecified atom stereocenters. The summed E-state index contributed by atoms with van der Waals surface area (Å²) in [7, 11) is -3.02. The number of amides is 1. The summed E-state index contributed by atoms with van der Waals surface area (Å²) in [5, 5.41) is 12.6. The average molecular weight is 491 g/mol.